The van der Waals surface area contributed by atoms with Gasteiger partial charge in [-0.25, -0.2) is 0 Å². The van der Waals surface area contributed by atoms with E-state index in [1.807, 2.05) is 39.8 Å². The van der Waals surface area contributed by atoms with Crippen LogP contribution in [-0.2, 0) is 4.79 Å². The lowest BCUT2D eigenvalue weighted by atomic mass is 9.72. The van der Waals surface area contributed by atoms with Gasteiger partial charge in [0.15, 0.2) is 0 Å². The van der Waals surface area contributed by atoms with Crippen LogP contribution in [0.15, 0.2) is 58.7 Å². The molecule has 0 radical (unpaired) electrons. The summed E-state index contributed by atoms with van der Waals surface area (Å²) in [6.45, 7) is 16.9. The second-order valence-corrected chi connectivity index (χ2v) is 9.16. The van der Waals surface area contributed by atoms with Crippen LogP contribution < -0.4 is 5.32 Å². The second kappa shape index (κ2) is 9.21. The molecular formula is C24H37NO. The minimum absolute atomic E-state index is 0.0535. The molecule has 0 aromatic rings. The maximum Gasteiger partial charge on any atom is 0.244 e. The summed E-state index contributed by atoms with van der Waals surface area (Å²) < 4.78 is 0. The Morgan fingerprint density at radius 2 is 1.77 bits per heavy atom. The maximum absolute atomic E-state index is 11.9. The van der Waals surface area contributed by atoms with Crippen molar-refractivity contribution in [1.29, 1.82) is 0 Å². The van der Waals surface area contributed by atoms with E-state index < -0.39 is 0 Å². The first-order valence-corrected chi connectivity index (χ1v) is 9.64. The summed E-state index contributed by atoms with van der Waals surface area (Å²) in [5.74, 6) is -0.0535. The molecule has 0 aromatic heterocycles. The number of allylic oxidation sites excluding steroid dienone is 9. The standard InChI is InChI=1S/C24H37NO/c1-18(14-15-21-20(3)13-10-16-24(21,7)8)11-9-12-19(2)17-22(26)25-23(4,5)6/h9,11-12,14-15,17H,10,13,16H2,1-8H3,(H,25,26)/b12-9+,15-14+,18-11-,19-17+. The van der Waals surface area contributed by atoms with Crippen LogP contribution in [0.25, 0.3) is 0 Å². The molecule has 2 nitrogen and oxygen atoms in total. The Bertz CT molecular complexity index is 661. The summed E-state index contributed by atoms with van der Waals surface area (Å²) in [6.07, 6.45) is 15.9. The van der Waals surface area contributed by atoms with Gasteiger partial charge in [-0.2, -0.15) is 0 Å². The van der Waals surface area contributed by atoms with Crippen molar-refractivity contribution in [2.45, 2.75) is 80.2 Å². The fourth-order valence-corrected chi connectivity index (χ4v) is 3.29. The number of rotatable bonds is 5. The van der Waals surface area contributed by atoms with Gasteiger partial charge in [0.05, 0.1) is 0 Å². The number of carbonyl (C=O) groups excluding carboxylic acids is 1. The van der Waals surface area contributed by atoms with E-state index in [4.69, 9.17) is 0 Å². The van der Waals surface area contributed by atoms with Crippen LogP contribution >= 0.6 is 0 Å². The van der Waals surface area contributed by atoms with Gasteiger partial charge in [-0.1, -0.05) is 55.4 Å². The van der Waals surface area contributed by atoms with E-state index in [2.05, 4.69) is 51.2 Å². The molecule has 1 aliphatic carbocycles. The number of amides is 1. The molecule has 1 N–H and O–H groups in total. The Labute approximate surface area is 160 Å². The van der Waals surface area contributed by atoms with Crippen LogP contribution in [0.4, 0.5) is 0 Å². The highest BCUT2D eigenvalue weighted by molar-refractivity contribution is 5.89. The number of nitrogens with one attached hydrogen (secondary N) is 1. The lowest BCUT2D eigenvalue weighted by Crippen LogP contribution is -2.39. The molecule has 0 fully saturated rings. The zero-order chi connectivity index (χ0) is 20.0. The second-order valence-electron chi connectivity index (χ2n) is 9.16. The number of carbonyl (C=O) groups is 1. The molecule has 0 saturated heterocycles. The summed E-state index contributed by atoms with van der Waals surface area (Å²) in [7, 11) is 0. The van der Waals surface area contributed by atoms with Gasteiger partial charge in [-0.05, 0) is 77.4 Å². The quantitative estimate of drug-likeness (QED) is 0.446. The molecule has 26 heavy (non-hydrogen) atoms. The average Bonchev–Trinajstić information content (AvgIpc) is 2.43. The molecule has 0 saturated carbocycles. The molecular weight excluding hydrogens is 318 g/mol. The van der Waals surface area contributed by atoms with E-state index in [-0.39, 0.29) is 16.9 Å². The van der Waals surface area contributed by atoms with Crippen LogP contribution in [0.3, 0.4) is 0 Å². The molecule has 0 heterocycles. The normalized spacial score (nSPS) is 19.5. The summed E-state index contributed by atoms with van der Waals surface area (Å²) in [5, 5.41) is 2.94. The Morgan fingerprint density at radius 3 is 2.35 bits per heavy atom. The van der Waals surface area contributed by atoms with Crippen molar-refractivity contribution in [3.8, 4) is 0 Å². The molecule has 0 atom stereocenters. The SMILES string of the molecule is CC1=C(/C=C/C(C)=C\C=C\C(C)=C\C(=O)NC(C)(C)C)C(C)(C)CCC1. The number of hydrogen-bond acceptors (Lipinski definition) is 1. The topological polar surface area (TPSA) is 29.1 Å². The van der Waals surface area contributed by atoms with Gasteiger partial charge in [0.2, 0.25) is 5.91 Å². The van der Waals surface area contributed by atoms with E-state index in [0.29, 0.717) is 0 Å². The smallest absolute Gasteiger partial charge is 0.244 e. The first-order valence-electron chi connectivity index (χ1n) is 9.64. The molecule has 0 spiro atoms. The van der Waals surface area contributed by atoms with Crippen molar-refractivity contribution in [3.63, 3.8) is 0 Å². The fourth-order valence-electron chi connectivity index (χ4n) is 3.29. The highest BCUT2D eigenvalue weighted by atomic mass is 16.1. The molecule has 0 aliphatic heterocycles. The van der Waals surface area contributed by atoms with Crippen LogP contribution in [0, 0.1) is 5.41 Å². The summed E-state index contributed by atoms with van der Waals surface area (Å²) in [4.78, 5) is 11.9. The predicted molar refractivity (Wildman–Crippen MR) is 114 cm³/mol. The predicted octanol–water partition coefficient (Wildman–Crippen LogP) is 6.43. The molecule has 1 amide bonds. The summed E-state index contributed by atoms with van der Waals surface area (Å²) in [6, 6.07) is 0. The van der Waals surface area contributed by atoms with Crippen molar-refractivity contribution in [3.05, 3.63) is 58.7 Å². The Morgan fingerprint density at radius 1 is 1.12 bits per heavy atom. The van der Waals surface area contributed by atoms with E-state index in [1.165, 1.54) is 36.0 Å². The average molecular weight is 356 g/mol. The molecule has 2 heteroatoms. The van der Waals surface area contributed by atoms with Gasteiger partial charge >= 0.3 is 0 Å². The molecule has 144 valence electrons. The minimum atomic E-state index is -0.210. The lowest BCUT2D eigenvalue weighted by Gasteiger charge is -2.32. The van der Waals surface area contributed by atoms with Crippen molar-refractivity contribution in [2.75, 3.05) is 0 Å². The van der Waals surface area contributed by atoms with Gasteiger partial charge in [-0.3, -0.25) is 4.79 Å². The van der Waals surface area contributed by atoms with Crippen LogP contribution in [0.1, 0.15) is 74.7 Å². The highest BCUT2D eigenvalue weighted by Crippen LogP contribution is 2.40. The van der Waals surface area contributed by atoms with Crippen molar-refractivity contribution < 1.29 is 4.79 Å². The molecule has 1 rings (SSSR count). The van der Waals surface area contributed by atoms with Crippen LogP contribution in [0.5, 0.6) is 0 Å². The van der Waals surface area contributed by atoms with E-state index >= 15 is 0 Å². The first-order chi connectivity index (χ1) is 11.9. The van der Waals surface area contributed by atoms with Gasteiger partial charge in [0, 0.05) is 11.6 Å². The van der Waals surface area contributed by atoms with Crippen molar-refractivity contribution >= 4 is 5.91 Å². The number of hydrogen-bond donors (Lipinski definition) is 1. The first kappa shape index (κ1) is 22.2. The van der Waals surface area contributed by atoms with E-state index in [1.54, 1.807) is 6.08 Å². The largest absolute Gasteiger partial charge is 0.348 e. The van der Waals surface area contributed by atoms with Crippen LogP contribution in [-0.4, -0.2) is 11.4 Å². The monoisotopic (exact) mass is 355 g/mol. The Balaban J connectivity index is 2.73. The minimum Gasteiger partial charge on any atom is -0.348 e. The van der Waals surface area contributed by atoms with Crippen molar-refractivity contribution in [1.82, 2.24) is 5.32 Å². The van der Waals surface area contributed by atoms with Crippen molar-refractivity contribution in [2.24, 2.45) is 5.41 Å². The van der Waals surface area contributed by atoms with Crippen LogP contribution in [0.2, 0.25) is 0 Å². The Kier molecular flexibility index (Phi) is 7.87. The highest BCUT2D eigenvalue weighted by Gasteiger charge is 2.26. The molecule has 1 aliphatic rings. The lowest BCUT2D eigenvalue weighted by molar-refractivity contribution is -0.117. The van der Waals surface area contributed by atoms with Gasteiger partial charge < -0.3 is 5.32 Å². The van der Waals surface area contributed by atoms with E-state index in [0.717, 1.165) is 5.57 Å². The van der Waals surface area contributed by atoms with E-state index in [9.17, 15) is 4.79 Å². The molecule has 0 bridgehead atoms. The zero-order valence-electron chi connectivity index (χ0n) is 18.0. The summed E-state index contributed by atoms with van der Waals surface area (Å²) >= 11 is 0. The third-order valence-electron chi connectivity index (χ3n) is 4.63. The third-order valence-corrected chi connectivity index (χ3v) is 4.63. The fraction of sp³-hybridized carbons (Fsp3) is 0.542. The third kappa shape index (κ3) is 8.03. The summed E-state index contributed by atoms with van der Waals surface area (Å²) in [5.41, 5.74) is 5.20. The zero-order valence-corrected chi connectivity index (χ0v) is 18.0. The maximum atomic E-state index is 11.9. The Hall–Kier alpha value is -1.83. The van der Waals surface area contributed by atoms with Gasteiger partial charge in [0.25, 0.3) is 0 Å². The molecule has 0 aromatic carbocycles. The molecule has 0 unspecified atom stereocenters. The van der Waals surface area contributed by atoms with Gasteiger partial charge in [-0.15, -0.1) is 0 Å². The van der Waals surface area contributed by atoms with Gasteiger partial charge in [0.1, 0.15) is 0 Å².